The van der Waals surface area contributed by atoms with Gasteiger partial charge < -0.3 is 9.88 Å². The van der Waals surface area contributed by atoms with Gasteiger partial charge in [-0.3, -0.25) is 0 Å². The van der Waals surface area contributed by atoms with E-state index >= 15 is 0 Å². The van der Waals surface area contributed by atoms with Crippen molar-refractivity contribution in [2.24, 2.45) is 7.05 Å². The summed E-state index contributed by atoms with van der Waals surface area (Å²) in [7, 11) is 1.97. The van der Waals surface area contributed by atoms with Crippen molar-refractivity contribution >= 4 is 0 Å². The monoisotopic (exact) mass is 206 g/mol. The highest BCUT2D eigenvalue weighted by Gasteiger charge is 2.07. The molecule has 0 aliphatic rings. The molecular formula is C11H18N4. The fourth-order valence-corrected chi connectivity index (χ4v) is 1.34. The smallest absolute Gasteiger partial charge is 0.146 e. The second-order valence-corrected chi connectivity index (χ2v) is 3.62. The van der Waals surface area contributed by atoms with Crippen LogP contribution < -0.4 is 5.32 Å². The number of aromatic nitrogens is 3. The van der Waals surface area contributed by atoms with Gasteiger partial charge in [-0.2, -0.15) is 0 Å². The molecule has 1 aromatic rings. The maximum absolute atomic E-state index is 5.28. The molecule has 0 bridgehead atoms. The Morgan fingerprint density at radius 3 is 2.73 bits per heavy atom. The molecule has 1 heterocycles. The molecule has 1 aromatic heterocycles. The van der Waals surface area contributed by atoms with E-state index in [2.05, 4.69) is 28.4 Å². The summed E-state index contributed by atoms with van der Waals surface area (Å²) in [5, 5.41) is 11.5. The van der Waals surface area contributed by atoms with Gasteiger partial charge in [0.15, 0.2) is 0 Å². The van der Waals surface area contributed by atoms with Gasteiger partial charge in [-0.05, 0) is 13.3 Å². The number of nitrogens with zero attached hydrogens (tertiary/aromatic N) is 3. The molecule has 0 aromatic carbocycles. The minimum atomic E-state index is 0.368. The Hall–Kier alpha value is -1.34. The van der Waals surface area contributed by atoms with Crippen molar-refractivity contribution in [2.75, 3.05) is 0 Å². The van der Waals surface area contributed by atoms with E-state index < -0.39 is 0 Å². The van der Waals surface area contributed by atoms with Crippen LogP contribution in [0.3, 0.4) is 0 Å². The number of hydrogen-bond donors (Lipinski definition) is 1. The SMILES string of the molecule is C#CCC(CC)NCc1nnc(C)n1C. The highest BCUT2D eigenvalue weighted by atomic mass is 15.3. The van der Waals surface area contributed by atoms with Crippen LogP contribution in [0.15, 0.2) is 0 Å². The number of rotatable bonds is 5. The maximum atomic E-state index is 5.28. The number of terminal acetylenes is 1. The zero-order valence-corrected chi connectivity index (χ0v) is 9.62. The van der Waals surface area contributed by atoms with Gasteiger partial charge in [-0.25, -0.2) is 0 Å². The first-order valence-electron chi connectivity index (χ1n) is 5.20. The van der Waals surface area contributed by atoms with Crippen LogP contribution in [0, 0.1) is 19.3 Å². The summed E-state index contributed by atoms with van der Waals surface area (Å²) in [6, 6.07) is 0.368. The van der Waals surface area contributed by atoms with Gasteiger partial charge in [-0.15, -0.1) is 22.5 Å². The number of hydrogen-bond acceptors (Lipinski definition) is 3. The summed E-state index contributed by atoms with van der Waals surface area (Å²) in [6.07, 6.45) is 7.07. The lowest BCUT2D eigenvalue weighted by molar-refractivity contribution is 0.491. The lowest BCUT2D eigenvalue weighted by Crippen LogP contribution is -2.28. The van der Waals surface area contributed by atoms with Gasteiger partial charge in [0.25, 0.3) is 0 Å². The average molecular weight is 206 g/mol. The minimum absolute atomic E-state index is 0.368. The normalized spacial score (nSPS) is 12.4. The molecule has 0 saturated carbocycles. The molecule has 82 valence electrons. The summed E-state index contributed by atoms with van der Waals surface area (Å²) < 4.78 is 1.98. The quantitative estimate of drug-likeness (QED) is 0.731. The van der Waals surface area contributed by atoms with Crippen LogP contribution in [0.4, 0.5) is 0 Å². The molecule has 0 radical (unpaired) electrons. The molecule has 0 saturated heterocycles. The van der Waals surface area contributed by atoms with Crippen molar-refractivity contribution in [3.8, 4) is 12.3 Å². The van der Waals surface area contributed by atoms with E-state index in [4.69, 9.17) is 6.42 Å². The molecule has 1 unspecified atom stereocenters. The lowest BCUT2D eigenvalue weighted by atomic mass is 10.1. The van der Waals surface area contributed by atoms with Crippen LogP contribution in [-0.4, -0.2) is 20.8 Å². The van der Waals surface area contributed by atoms with E-state index in [0.29, 0.717) is 6.04 Å². The summed E-state index contributed by atoms with van der Waals surface area (Å²) in [6.45, 7) is 4.78. The number of aryl methyl sites for hydroxylation is 1. The fourth-order valence-electron chi connectivity index (χ4n) is 1.34. The van der Waals surface area contributed by atoms with Crippen molar-refractivity contribution in [1.82, 2.24) is 20.1 Å². The Labute approximate surface area is 91.1 Å². The van der Waals surface area contributed by atoms with Gasteiger partial charge in [0.1, 0.15) is 11.6 Å². The largest absolute Gasteiger partial charge is 0.317 e. The lowest BCUT2D eigenvalue weighted by Gasteiger charge is -2.13. The van der Waals surface area contributed by atoms with Crippen molar-refractivity contribution in [1.29, 1.82) is 0 Å². The van der Waals surface area contributed by atoms with Crippen LogP contribution in [-0.2, 0) is 13.6 Å². The average Bonchev–Trinajstić information content (AvgIpc) is 2.55. The van der Waals surface area contributed by atoms with E-state index in [0.717, 1.165) is 31.0 Å². The molecule has 0 aliphatic carbocycles. The molecule has 15 heavy (non-hydrogen) atoms. The molecular weight excluding hydrogens is 188 g/mol. The first-order valence-corrected chi connectivity index (χ1v) is 5.20. The summed E-state index contributed by atoms with van der Waals surface area (Å²) >= 11 is 0. The van der Waals surface area contributed by atoms with E-state index in [9.17, 15) is 0 Å². The summed E-state index contributed by atoms with van der Waals surface area (Å²) in [5.74, 6) is 4.54. The predicted molar refractivity (Wildman–Crippen MR) is 60.1 cm³/mol. The molecule has 0 fully saturated rings. The summed E-state index contributed by atoms with van der Waals surface area (Å²) in [4.78, 5) is 0. The summed E-state index contributed by atoms with van der Waals surface area (Å²) in [5.41, 5.74) is 0. The maximum Gasteiger partial charge on any atom is 0.146 e. The van der Waals surface area contributed by atoms with Crippen molar-refractivity contribution < 1.29 is 0 Å². The van der Waals surface area contributed by atoms with Crippen LogP contribution in [0.5, 0.6) is 0 Å². The third-order valence-corrected chi connectivity index (χ3v) is 2.59. The standard InChI is InChI=1S/C11H18N4/c1-5-7-10(6-2)12-8-11-14-13-9(3)15(11)4/h1,10,12H,6-8H2,2-4H3. The van der Waals surface area contributed by atoms with Gasteiger partial charge in [0, 0.05) is 19.5 Å². The van der Waals surface area contributed by atoms with Gasteiger partial charge in [0.05, 0.1) is 6.54 Å². The van der Waals surface area contributed by atoms with Crippen molar-refractivity contribution in [3.63, 3.8) is 0 Å². The van der Waals surface area contributed by atoms with E-state index in [-0.39, 0.29) is 0 Å². The van der Waals surface area contributed by atoms with Crippen LogP contribution >= 0.6 is 0 Å². The van der Waals surface area contributed by atoms with Gasteiger partial charge >= 0.3 is 0 Å². The molecule has 0 amide bonds. The molecule has 0 aliphatic heterocycles. The van der Waals surface area contributed by atoms with E-state index in [1.54, 1.807) is 0 Å². The van der Waals surface area contributed by atoms with Gasteiger partial charge in [-0.1, -0.05) is 6.92 Å². The molecule has 1 N–H and O–H groups in total. The molecule has 1 rings (SSSR count). The Morgan fingerprint density at radius 1 is 1.53 bits per heavy atom. The highest BCUT2D eigenvalue weighted by molar-refractivity contribution is 4.94. The van der Waals surface area contributed by atoms with Crippen LogP contribution in [0.25, 0.3) is 0 Å². The van der Waals surface area contributed by atoms with Crippen molar-refractivity contribution in [3.05, 3.63) is 11.6 Å². The predicted octanol–water partition coefficient (Wildman–Crippen LogP) is 1.02. The third kappa shape index (κ3) is 3.07. The van der Waals surface area contributed by atoms with E-state index in [1.165, 1.54) is 0 Å². The Balaban J connectivity index is 2.49. The minimum Gasteiger partial charge on any atom is -0.317 e. The topological polar surface area (TPSA) is 42.7 Å². The first-order chi connectivity index (χ1) is 7.19. The zero-order chi connectivity index (χ0) is 11.3. The van der Waals surface area contributed by atoms with Crippen molar-refractivity contribution in [2.45, 2.75) is 39.3 Å². The zero-order valence-electron chi connectivity index (χ0n) is 9.62. The second-order valence-electron chi connectivity index (χ2n) is 3.62. The Morgan fingerprint density at radius 2 is 2.27 bits per heavy atom. The van der Waals surface area contributed by atoms with Crippen LogP contribution in [0.2, 0.25) is 0 Å². The Bertz CT molecular complexity index is 348. The number of nitrogens with one attached hydrogen (secondary N) is 1. The van der Waals surface area contributed by atoms with Crippen LogP contribution in [0.1, 0.15) is 31.4 Å². The molecule has 4 nitrogen and oxygen atoms in total. The Kier molecular flexibility index (Phi) is 4.32. The fraction of sp³-hybridized carbons (Fsp3) is 0.636. The molecule has 4 heteroatoms. The second kappa shape index (κ2) is 5.52. The highest BCUT2D eigenvalue weighted by Crippen LogP contribution is 2.00. The van der Waals surface area contributed by atoms with Gasteiger partial charge in [0.2, 0.25) is 0 Å². The molecule has 0 spiro atoms. The molecule has 1 atom stereocenters. The first kappa shape index (κ1) is 11.7. The van der Waals surface area contributed by atoms with E-state index in [1.807, 2.05) is 18.5 Å². The third-order valence-electron chi connectivity index (χ3n) is 2.59.